The Balaban J connectivity index is 2.94. The van der Waals surface area contributed by atoms with Gasteiger partial charge in [0, 0.05) is 0 Å². The highest BCUT2D eigenvalue weighted by Crippen LogP contribution is 2.43. The fourth-order valence-corrected chi connectivity index (χ4v) is 3.49. The van der Waals surface area contributed by atoms with Crippen LogP contribution in [0.4, 0.5) is 0 Å². The summed E-state index contributed by atoms with van der Waals surface area (Å²) in [5, 5.41) is 18.6. The Kier molecular flexibility index (Phi) is 5.63. The van der Waals surface area contributed by atoms with Crippen LogP contribution in [0.2, 0.25) is 0 Å². The lowest BCUT2D eigenvalue weighted by molar-refractivity contribution is -0.160. The summed E-state index contributed by atoms with van der Waals surface area (Å²) in [4.78, 5) is 22.7. The standard InChI is InChI=1S/C14H24O4/c1-3-5-9-7-8-11(13(15)16)12(14(17)18)10(9)6-4-2/h9-12H,3-8H2,1-2H3,(H,15,16)(H,17,18). The van der Waals surface area contributed by atoms with Crippen molar-refractivity contribution in [1.82, 2.24) is 0 Å². The van der Waals surface area contributed by atoms with Gasteiger partial charge in [-0.2, -0.15) is 0 Å². The predicted octanol–water partition coefficient (Wildman–Crippen LogP) is 3.01. The van der Waals surface area contributed by atoms with Gasteiger partial charge < -0.3 is 10.2 Å². The summed E-state index contributed by atoms with van der Waals surface area (Å²) < 4.78 is 0. The Labute approximate surface area is 108 Å². The number of hydrogen-bond donors (Lipinski definition) is 2. The highest BCUT2D eigenvalue weighted by molar-refractivity contribution is 5.80. The molecule has 4 unspecified atom stereocenters. The smallest absolute Gasteiger partial charge is 0.307 e. The van der Waals surface area contributed by atoms with E-state index >= 15 is 0 Å². The lowest BCUT2D eigenvalue weighted by Gasteiger charge is -2.39. The second-order valence-corrected chi connectivity index (χ2v) is 5.39. The third-order valence-corrected chi connectivity index (χ3v) is 4.23. The van der Waals surface area contributed by atoms with E-state index in [1.54, 1.807) is 0 Å². The molecule has 0 spiro atoms. The second-order valence-electron chi connectivity index (χ2n) is 5.39. The van der Waals surface area contributed by atoms with Crippen molar-refractivity contribution in [3.8, 4) is 0 Å². The third-order valence-electron chi connectivity index (χ3n) is 4.23. The molecule has 1 saturated carbocycles. The molecule has 0 radical (unpaired) electrons. The van der Waals surface area contributed by atoms with Crippen LogP contribution in [-0.4, -0.2) is 22.2 Å². The molecule has 0 saturated heterocycles. The SMILES string of the molecule is CCCC1CCC(C(=O)O)C(C(=O)O)C1CCC. The highest BCUT2D eigenvalue weighted by atomic mass is 16.4. The van der Waals surface area contributed by atoms with Crippen molar-refractivity contribution in [3.05, 3.63) is 0 Å². The number of carboxylic acid groups (broad SMARTS) is 2. The number of aliphatic carboxylic acids is 2. The summed E-state index contributed by atoms with van der Waals surface area (Å²) in [5.74, 6) is -2.87. The average molecular weight is 256 g/mol. The summed E-state index contributed by atoms with van der Waals surface area (Å²) in [6.07, 6.45) is 5.17. The van der Waals surface area contributed by atoms with Crippen LogP contribution in [0.25, 0.3) is 0 Å². The van der Waals surface area contributed by atoms with Crippen LogP contribution in [0.3, 0.4) is 0 Å². The van der Waals surface area contributed by atoms with Crippen LogP contribution < -0.4 is 0 Å². The van der Waals surface area contributed by atoms with Crippen LogP contribution in [-0.2, 0) is 9.59 Å². The molecule has 0 bridgehead atoms. The van der Waals surface area contributed by atoms with Crippen LogP contribution in [0.15, 0.2) is 0 Å². The monoisotopic (exact) mass is 256 g/mol. The van der Waals surface area contributed by atoms with Gasteiger partial charge in [0.25, 0.3) is 0 Å². The van der Waals surface area contributed by atoms with Crippen molar-refractivity contribution in [2.24, 2.45) is 23.7 Å². The first-order valence-corrected chi connectivity index (χ1v) is 6.98. The van der Waals surface area contributed by atoms with Gasteiger partial charge in [0.05, 0.1) is 11.8 Å². The zero-order valence-electron chi connectivity index (χ0n) is 11.3. The maximum Gasteiger partial charge on any atom is 0.307 e. The molecule has 104 valence electrons. The molecule has 4 nitrogen and oxygen atoms in total. The number of carboxylic acids is 2. The molecular formula is C14H24O4. The molecule has 0 aromatic rings. The molecule has 18 heavy (non-hydrogen) atoms. The first kappa shape index (κ1) is 15.0. The molecule has 1 rings (SSSR count). The number of rotatable bonds is 6. The molecule has 1 aliphatic rings. The fourth-order valence-electron chi connectivity index (χ4n) is 3.49. The first-order valence-electron chi connectivity index (χ1n) is 6.98. The van der Waals surface area contributed by atoms with Gasteiger partial charge in [-0.1, -0.05) is 33.1 Å². The Morgan fingerprint density at radius 2 is 1.61 bits per heavy atom. The van der Waals surface area contributed by atoms with Gasteiger partial charge in [-0.3, -0.25) is 9.59 Å². The highest BCUT2D eigenvalue weighted by Gasteiger charge is 2.45. The first-order chi connectivity index (χ1) is 8.52. The van der Waals surface area contributed by atoms with E-state index in [0.29, 0.717) is 12.3 Å². The Morgan fingerprint density at radius 1 is 1.00 bits per heavy atom. The topological polar surface area (TPSA) is 74.6 Å². The summed E-state index contributed by atoms with van der Waals surface area (Å²) in [6, 6.07) is 0. The molecule has 2 N–H and O–H groups in total. The summed E-state index contributed by atoms with van der Waals surface area (Å²) in [5.41, 5.74) is 0. The van der Waals surface area contributed by atoms with E-state index in [2.05, 4.69) is 6.92 Å². The molecule has 1 aliphatic carbocycles. The minimum atomic E-state index is -0.946. The molecule has 0 aliphatic heterocycles. The molecule has 0 aromatic carbocycles. The van der Waals surface area contributed by atoms with Crippen molar-refractivity contribution >= 4 is 11.9 Å². The fraction of sp³-hybridized carbons (Fsp3) is 0.857. The van der Waals surface area contributed by atoms with Gasteiger partial charge in [-0.25, -0.2) is 0 Å². The van der Waals surface area contributed by atoms with E-state index in [9.17, 15) is 19.8 Å². The molecule has 0 aromatic heterocycles. The van der Waals surface area contributed by atoms with Gasteiger partial charge >= 0.3 is 11.9 Å². The van der Waals surface area contributed by atoms with Crippen molar-refractivity contribution in [2.45, 2.75) is 52.4 Å². The summed E-state index contributed by atoms with van der Waals surface area (Å²) >= 11 is 0. The molecule has 0 amide bonds. The molecule has 4 heteroatoms. The zero-order chi connectivity index (χ0) is 13.7. The Hall–Kier alpha value is -1.06. The van der Waals surface area contributed by atoms with Gasteiger partial charge in [0.1, 0.15) is 0 Å². The lowest BCUT2D eigenvalue weighted by atomic mass is 9.64. The second kappa shape index (κ2) is 6.76. The van der Waals surface area contributed by atoms with Gasteiger partial charge in [0.15, 0.2) is 0 Å². The maximum atomic E-state index is 11.4. The molecule has 1 fully saturated rings. The minimum Gasteiger partial charge on any atom is -0.481 e. The van der Waals surface area contributed by atoms with Crippen LogP contribution in [0.5, 0.6) is 0 Å². The molecule has 4 atom stereocenters. The lowest BCUT2D eigenvalue weighted by Crippen LogP contribution is -2.42. The van der Waals surface area contributed by atoms with E-state index < -0.39 is 23.8 Å². The van der Waals surface area contributed by atoms with E-state index in [-0.39, 0.29) is 5.92 Å². The predicted molar refractivity (Wildman–Crippen MR) is 68.3 cm³/mol. The Bertz CT molecular complexity index is 300. The van der Waals surface area contributed by atoms with E-state index in [1.807, 2.05) is 6.92 Å². The van der Waals surface area contributed by atoms with Crippen LogP contribution >= 0.6 is 0 Å². The van der Waals surface area contributed by atoms with Crippen molar-refractivity contribution in [1.29, 1.82) is 0 Å². The van der Waals surface area contributed by atoms with Gasteiger partial charge in [-0.05, 0) is 31.1 Å². The quantitative estimate of drug-likeness (QED) is 0.766. The third kappa shape index (κ3) is 3.24. The van der Waals surface area contributed by atoms with Crippen LogP contribution in [0.1, 0.15) is 52.4 Å². The van der Waals surface area contributed by atoms with E-state index in [1.165, 1.54) is 0 Å². The summed E-state index contributed by atoms with van der Waals surface area (Å²) in [6.45, 7) is 4.13. The van der Waals surface area contributed by atoms with Gasteiger partial charge in [0.2, 0.25) is 0 Å². The largest absolute Gasteiger partial charge is 0.481 e. The van der Waals surface area contributed by atoms with Crippen molar-refractivity contribution < 1.29 is 19.8 Å². The van der Waals surface area contributed by atoms with Gasteiger partial charge in [-0.15, -0.1) is 0 Å². The molecular weight excluding hydrogens is 232 g/mol. The zero-order valence-corrected chi connectivity index (χ0v) is 11.3. The van der Waals surface area contributed by atoms with E-state index in [4.69, 9.17) is 0 Å². The van der Waals surface area contributed by atoms with Crippen LogP contribution in [0, 0.1) is 23.7 Å². The average Bonchev–Trinajstić information content (AvgIpc) is 2.30. The van der Waals surface area contributed by atoms with Crippen molar-refractivity contribution in [2.75, 3.05) is 0 Å². The minimum absolute atomic E-state index is 0.0299. The maximum absolute atomic E-state index is 11.4. The van der Waals surface area contributed by atoms with Crippen molar-refractivity contribution in [3.63, 3.8) is 0 Å². The Morgan fingerprint density at radius 3 is 2.06 bits per heavy atom. The van der Waals surface area contributed by atoms with E-state index in [0.717, 1.165) is 32.1 Å². The number of hydrogen-bond acceptors (Lipinski definition) is 2. The summed E-state index contributed by atoms with van der Waals surface area (Å²) in [7, 11) is 0. The molecule has 0 heterocycles. The number of carbonyl (C=O) groups is 2. The normalized spacial score (nSPS) is 32.1.